The second-order valence-electron chi connectivity index (χ2n) is 7.89. The predicted molar refractivity (Wildman–Crippen MR) is 138 cm³/mol. The topological polar surface area (TPSA) is 89.3 Å². The summed E-state index contributed by atoms with van der Waals surface area (Å²) in [5.74, 6) is 1.15. The van der Waals surface area contributed by atoms with Crippen LogP contribution >= 0.6 is 11.8 Å². The van der Waals surface area contributed by atoms with Gasteiger partial charge in [-0.05, 0) is 48.4 Å². The van der Waals surface area contributed by atoms with Crippen LogP contribution in [0.15, 0.2) is 90.1 Å². The van der Waals surface area contributed by atoms with Gasteiger partial charge < -0.3 is 15.2 Å². The maximum Gasteiger partial charge on any atom is 0.234 e. The quantitative estimate of drug-likeness (QED) is 0.221. The number of unbranched alkanes of at least 4 members (excludes halogenated alkanes) is 1. The largest absolute Gasteiger partial charge is 0.494 e. The average molecular weight is 489 g/mol. The minimum atomic E-state index is -0.954. The molecule has 180 valence electrons. The van der Waals surface area contributed by atoms with E-state index in [1.54, 1.807) is 4.57 Å². The number of anilines is 1. The number of para-hydroxylation sites is 1. The zero-order valence-electron chi connectivity index (χ0n) is 19.5. The van der Waals surface area contributed by atoms with Crippen molar-refractivity contribution >= 4 is 23.4 Å². The third-order valence-corrected chi connectivity index (χ3v) is 6.20. The lowest BCUT2D eigenvalue weighted by Crippen LogP contribution is -2.15. The molecule has 0 fully saturated rings. The van der Waals surface area contributed by atoms with Crippen molar-refractivity contribution < 1.29 is 14.6 Å². The molecule has 35 heavy (non-hydrogen) atoms. The van der Waals surface area contributed by atoms with Crippen molar-refractivity contribution in [3.63, 3.8) is 0 Å². The van der Waals surface area contributed by atoms with Crippen molar-refractivity contribution in [2.24, 2.45) is 0 Å². The fourth-order valence-corrected chi connectivity index (χ4v) is 4.21. The number of nitrogens with zero attached hydrogens (tertiary/aromatic N) is 3. The normalized spacial score (nSPS) is 11.7. The minimum Gasteiger partial charge on any atom is -0.494 e. The van der Waals surface area contributed by atoms with E-state index >= 15 is 0 Å². The number of thioether (sulfide) groups is 1. The number of carbonyl (C=O) groups excluding carboxylic acids is 1. The molecule has 4 aromatic rings. The Morgan fingerprint density at radius 1 is 1.00 bits per heavy atom. The molecule has 0 saturated heterocycles. The Hall–Kier alpha value is -3.62. The van der Waals surface area contributed by atoms with E-state index in [4.69, 9.17) is 4.74 Å². The molecule has 3 aromatic carbocycles. The third-order valence-electron chi connectivity index (χ3n) is 5.27. The molecule has 1 aromatic heterocycles. The fourth-order valence-electron chi connectivity index (χ4n) is 3.45. The number of hydrogen-bond acceptors (Lipinski definition) is 6. The number of amides is 1. The maximum absolute atomic E-state index is 12.6. The molecule has 1 heterocycles. The summed E-state index contributed by atoms with van der Waals surface area (Å²) >= 11 is 1.26. The van der Waals surface area contributed by atoms with Crippen molar-refractivity contribution in [3.05, 3.63) is 96.3 Å². The molecule has 4 rings (SSSR count). The SMILES string of the molecule is CCCCOc1ccc(NC(=O)CSc2nnc([C@H](O)c3ccccc3)n2-c2ccccc2)cc1. The Balaban J connectivity index is 1.45. The van der Waals surface area contributed by atoms with Gasteiger partial charge in [-0.2, -0.15) is 0 Å². The standard InChI is InChI=1S/C27H28N4O3S/c1-2-3-18-34-23-16-14-21(15-17-23)28-24(32)19-35-27-30-29-26(25(33)20-10-6-4-7-11-20)31(27)22-12-8-5-9-13-22/h4-17,25,33H,2-3,18-19H2,1H3,(H,28,32)/t25-/m1/s1. The summed E-state index contributed by atoms with van der Waals surface area (Å²) in [7, 11) is 0. The molecule has 0 aliphatic carbocycles. The number of nitrogens with one attached hydrogen (secondary N) is 1. The van der Waals surface area contributed by atoms with Crippen molar-refractivity contribution in [1.82, 2.24) is 14.8 Å². The monoisotopic (exact) mass is 488 g/mol. The maximum atomic E-state index is 12.6. The summed E-state index contributed by atoms with van der Waals surface area (Å²) in [5, 5.41) is 23.0. The van der Waals surface area contributed by atoms with E-state index in [9.17, 15) is 9.90 Å². The molecule has 0 radical (unpaired) electrons. The van der Waals surface area contributed by atoms with E-state index in [-0.39, 0.29) is 11.7 Å². The highest BCUT2D eigenvalue weighted by Gasteiger charge is 2.22. The summed E-state index contributed by atoms with van der Waals surface area (Å²) < 4.78 is 7.45. The van der Waals surface area contributed by atoms with Gasteiger partial charge in [0.05, 0.1) is 12.4 Å². The molecule has 0 unspecified atom stereocenters. The lowest BCUT2D eigenvalue weighted by molar-refractivity contribution is -0.113. The Morgan fingerprint density at radius 3 is 2.37 bits per heavy atom. The second-order valence-corrected chi connectivity index (χ2v) is 8.83. The Kier molecular flexibility index (Phi) is 8.53. The van der Waals surface area contributed by atoms with Gasteiger partial charge in [0.2, 0.25) is 5.91 Å². The summed E-state index contributed by atoms with van der Waals surface area (Å²) in [6, 6.07) is 26.2. The van der Waals surface area contributed by atoms with Crippen LogP contribution in [0.2, 0.25) is 0 Å². The van der Waals surface area contributed by atoms with E-state index in [0.717, 1.165) is 24.3 Å². The number of rotatable bonds is 11. The molecule has 0 spiro atoms. The van der Waals surface area contributed by atoms with Gasteiger partial charge in [-0.25, -0.2) is 0 Å². The van der Waals surface area contributed by atoms with Gasteiger partial charge in [0.1, 0.15) is 11.9 Å². The van der Waals surface area contributed by atoms with Gasteiger partial charge in [-0.3, -0.25) is 9.36 Å². The van der Waals surface area contributed by atoms with Crippen molar-refractivity contribution in [1.29, 1.82) is 0 Å². The lowest BCUT2D eigenvalue weighted by atomic mass is 10.1. The second kappa shape index (κ2) is 12.2. The number of benzene rings is 3. The number of ether oxygens (including phenoxy) is 1. The van der Waals surface area contributed by atoms with Gasteiger partial charge in [0, 0.05) is 11.4 Å². The van der Waals surface area contributed by atoms with Gasteiger partial charge in [-0.1, -0.05) is 73.6 Å². The van der Waals surface area contributed by atoms with Crippen LogP contribution in [0.3, 0.4) is 0 Å². The number of carbonyl (C=O) groups is 1. The number of hydrogen-bond donors (Lipinski definition) is 2. The molecule has 8 heteroatoms. The van der Waals surface area contributed by atoms with E-state index in [0.29, 0.717) is 28.8 Å². The number of aromatic nitrogens is 3. The van der Waals surface area contributed by atoms with E-state index in [1.165, 1.54) is 11.8 Å². The van der Waals surface area contributed by atoms with Crippen LogP contribution in [0.5, 0.6) is 5.75 Å². The smallest absolute Gasteiger partial charge is 0.234 e. The van der Waals surface area contributed by atoms with Crippen molar-refractivity contribution in [3.8, 4) is 11.4 Å². The molecule has 0 bridgehead atoms. The van der Waals surface area contributed by atoms with Crippen LogP contribution in [0, 0.1) is 0 Å². The molecular formula is C27H28N4O3S. The van der Waals surface area contributed by atoms with Crippen LogP contribution in [0.4, 0.5) is 5.69 Å². The van der Waals surface area contributed by atoms with Gasteiger partial charge >= 0.3 is 0 Å². The first-order valence-electron chi connectivity index (χ1n) is 11.5. The lowest BCUT2D eigenvalue weighted by Gasteiger charge is -2.14. The number of aliphatic hydroxyl groups is 1. The van der Waals surface area contributed by atoms with Gasteiger partial charge in [0.15, 0.2) is 11.0 Å². The van der Waals surface area contributed by atoms with Crippen LogP contribution < -0.4 is 10.1 Å². The first-order valence-corrected chi connectivity index (χ1v) is 12.5. The molecule has 2 N–H and O–H groups in total. The van der Waals surface area contributed by atoms with E-state index < -0.39 is 6.10 Å². The summed E-state index contributed by atoms with van der Waals surface area (Å²) in [6.07, 6.45) is 1.13. The highest BCUT2D eigenvalue weighted by atomic mass is 32.2. The van der Waals surface area contributed by atoms with Gasteiger partial charge in [-0.15, -0.1) is 10.2 Å². The first kappa shape index (κ1) is 24.5. The highest BCUT2D eigenvalue weighted by Crippen LogP contribution is 2.28. The first-order chi connectivity index (χ1) is 17.2. The van der Waals surface area contributed by atoms with Crippen molar-refractivity contribution in [2.45, 2.75) is 31.0 Å². The zero-order valence-corrected chi connectivity index (χ0v) is 20.3. The van der Waals surface area contributed by atoms with Crippen LogP contribution in [-0.4, -0.2) is 38.1 Å². The summed E-state index contributed by atoms with van der Waals surface area (Å²) in [5.41, 5.74) is 2.22. The Bertz CT molecular complexity index is 1210. The predicted octanol–water partition coefficient (Wildman–Crippen LogP) is 5.26. The Morgan fingerprint density at radius 2 is 1.69 bits per heavy atom. The third kappa shape index (κ3) is 6.49. The highest BCUT2D eigenvalue weighted by molar-refractivity contribution is 7.99. The molecule has 0 saturated carbocycles. The minimum absolute atomic E-state index is 0.140. The molecule has 7 nitrogen and oxygen atoms in total. The summed E-state index contributed by atoms with van der Waals surface area (Å²) in [4.78, 5) is 12.6. The van der Waals surface area contributed by atoms with Crippen molar-refractivity contribution in [2.75, 3.05) is 17.7 Å². The fraction of sp³-hybridized carbons (Fsp3) is 0.222. The summed E-state index contributed by atoms with van der Waals surface area (Å²) in [6.45, 7) is 2.80. The molecular weight excluding hydrogens is 460 g/mol. The van der Waals surface area contributed by atoms with E-state index in [1.807, 2.05) is 84.9 Å². The molecule has 1 atom stereocenters. The zero-order chi connectivity index (χ0) is 24.5. The van der Waals surface area contributed by atoms with Crippen LogP contribution in [-0.2, 0) is 4.79 Å². The van der Waals surface area contributed by atoms with Gasteiger partial charge in [0.25, 0.3) is 0 Å². The Labute approximate surface area is 209 Å². The van der Waals surface area contributed by atoms with Crippen LogP contribution in [0.25, 0.3) is 5.69 Å². The van der Waals surface area contributed by atoms with E-state index in [2.05, 4.69) is 22.4 Å². The molecule has 0 aliphatic heterocycles. The average Bonchev–Trinajstić information content (AvgIpc) is 3.33. The molecule has 0 aliphatic rings. The molecule has 1 amide bonds. The number of aliphatic hydroxyl groups excluding tert-OH is 1. The van der Waals surface area contributed by atoms with Crippen LogP contribution in [0.1, 0.15) is 37.3 Å².